The minimum Gasteiger partial charge on any atom is -0.871 e. The summed E-state index contributed by atoms with van der Waals surface area (Å²) in [6.45, 7) is 12.3. The van der Waals surface area contributed by atoms with Crippen LogP contribution in [0.3, 0.4) is 0 Å². The molecule has 2 aliphatic carbocycles. The second-order valence-corrected chi connectivity index (χ2v) is 22.9. The molecule has 7 rings (SSSR count). The number of aryl methyl sites for hydroxylation is 4. The molecule has 2 N–H and O–H groups in total. The van der Waals surface area contributed by atoms with Crippen molar-refractivity contribution >= 4 is 71.2 Å². The van der Waals surface area contributed by atoms with E-state index in [0.29, 0.717) is 24.2 Å². The maximum absolute atomic E-state index is 14.8. The standard InChI is InChI=1S/C60H70N4O6S2/c1-7-9-11-13-15-17-39-71(67,68)61-55-41-51(63(47-27-19-43(3)20-28-47)48-29-21-44(4)22-30-48)35-37-53(55)57-59(65)58(60(57)66)54-38-36-52(42-56(54)62-72(69,70)40-18-16-14-12-10-8-2)64(49-31-23-45(5)24-32-49)50-33-25-46(6)26-34-50/h19-38,41-42H,7-18,39-40H2,1-6H3,(H2,61,62,65,66). The van der Waals surface area contributed by atoms with Gasteiger partial charge in [-0.15, -0.1) is 0 Å². The van der Waals surface area contributed by atoms with Crippen LogP contribution in [0.1, 0.15) is 119 Å². The zero-order chi connectivity index (χ0) is 51.4. The third-order valence-corrected chi connectivity index (χ3v) is 15.9. The van der Waals surface area contributed by atoms with E-state index in [4.69, 9.17) is 0 Å². The van der Waals surface area contributed by atoms with Gasteiger partial charge in [0.25, 0.3) is 0 Å². The van der Waals surface area contributed by atoms with Gasteiger partial charge in [0.1, 0.15) is 0 Å². The molecule has 0 fully saturated rings. The van der Waals surface area contributed by atoms with Crippen LogP contribution in [0.15, 0.2) is 156 Å². The third kappa shape index (κ3) is 13.5. The normalized spacial score (nSPS) is 14.8. The van der Waals surface area contributed by atoms with Gasteiger partial charge in [0.15, 0.2) is 5.78 Å². The van der Waals surface area contributed by atoms with Gasteiger partial charge < -0.3 is 10.0 Å². The number of hydrogen-bond donors (Lipinski definition) is 2. The van der Waals surface area contributed by atoms with Crippen molar-refractivity contribution in [1.82, 2.24) is 9.30 Å². The first-order valence-corrected chi connectivity index (χ1v) is 28.9. The molecule has 5 aromatic rings. The lowest BCUT2D eigenvalue weighted by Crippen LogP contribution is -2.35. The lowest BCUT2D eigenvalue weighted by molar-refractivity contribution is -0.297. The Balaban J connectivity index is 1.35. The Morgan fingerprint density at radius 3 is 1.42 bits per heavy atom. The summed E-state index contributed by atoms with van der Waals surface area (Å²) < 4.78 is 63.5. The molecule has 0 atom stereocenters. The second kappa shape index (κ2) is 24.3. The lowest BCUT2D eigenvalue weighted by atomic mass is 9.79. The largest absolute Gasteiger partial charge is 0.871 e. The van der Waals surface area contributed by atoms with E-state index in [9.17, 15) is 26.7 Å². The van der Waals surface area contributed by atoms with Crippen molar-refractivity contribution in [2.24, 2.45) is 0 Å². The smallest absolute Gasteiger partial charge is 0.232 e. The molecule has 5 aromatic carbocycles. The van der Waals surface area contributed by atoms with E-state index in [1.807, 2.05) is 134 Å². The van der Waals surface area contributed by atoms with Gasteiger partial charge in [-0.05, 0) is 83.0 Å². The SMILES string of the molecule is CCCCCCCCS(=O)(=O)NC1=CC(=[N+](c2ccc(C)cc2)c2ccc(C)cc2)C=C/C1=C1\C(=O)C(c2ccc(N(c3ccc(C)cc3)c3ccc(C)cc3)cc2NS(=O)(=O)CCCCCCCC)=C1[O-]. The number of allylic oxidation sites excluding steroid dienone is 5. The highest BCUT2D eigenvalue weighted by Crippen LogP contribution is 2.44. The zero-order valence-electron chi connectivity index (χ0n) is 42.8. The summed E-state index contributed by atoms with van der Waals surface area (Å²) in [5, 5.41) is 14.8. The van der Waals surface area contributed by atoms with Crippen molar-refractivity contribution in [3.05, 3.63) is 184 Å². The summed E-state index contributed by atoms with van der Waals surface area (Å²) in [6, 6.07) is 37.1. The van der Waals surface area contributed by atoms with Gasteiger partial charge in [-0.25, -0.2) is 16.8 Å². The molecule has 72 heavy (non-hydrogen) atoms. The van der Waals surface area contributed by atoms with Gasteiger partial charge >= 0.3 is 0 Å². The highest BCUT2D eigenvalue weighted by Gasteiger charge is 2.36. The molecule has 378 valence electrons. The van der Waals surface area contributed by atoms with Gasteiger partial charge in [0, 0.05) is 75.8 Å². The van der Waals surface area contributed by atoms with Crippen molar-refractivity contribution in [3.63, 3.8) is 0 Å². The number of carbonyl (C=O) groups is 1. The van der Waals surface area contributed by atoms with E-state index >= 15 is 0 Å². The van der Waals surface area contributed by atoms with E-state index in [1.54, 1.807) is 36.4 Å². The van der Waals surface area contributed by atoms with E-state index < -0.39 is 31.6 Å². The molecule has 0 radical (unpaired) electrons. The minimum absolute atomic E-state index is 0.0977. The van der Waals surface area contributed by atoms with E-state index in [1.165, 1.54) is 0 Å². The summed E-state index contributed by atoms with van der Waals surface area (Å²) in [5.74, 6) is -1.49. The maximum atomic E-state index is 14.8. The number of Topliss-reactive ketones (excluding diaryl/α,β-unsaturated/α-hetero) is 1. The van der Waals surface area contributed by atoms with Crippen LogP contribution < -0.4 is 24.0 Å². The fraction of sp³-hybridized carbons (Fsp3) is 0.333. The summed E-state index contributed by atoms with van der Waals surface area (Å²) in [7, 11) is -7.90. The van der Waals surface area contributed by atoms with Crippen LogP contribution in [0, 0.1) is 27.7 Å². The molecule has 2 aliphatic rings. The Morgan fingerprint density at radius 1 is 0.514 bits per heavy atom. The number of rotatable bonds is 24. The van der Waals surface area contributed by atoms with Gasteiger partial charge in [-0.1, -0.05) is 161 Å². The van der Waals surface area contributed by atoms with Crippen LogP contribution in [-0.2, 0) is 24.8 Å². The van der Waals surface area contributed by atoms with Crippen LogP contribution in [0.4, 0.5) is 34.1 Å². The molecule has 0 aromatic heterocycles. The summed E-state index contributed by atoms with van der Waals surface area (Å²) in [4.78, 5) is 16.8. The van der Waals surface area contributed by atoms with Crippen molar-refractivity contribution < 1.29 is 26.7 Å². The van der Waals surface area contributed by atoms with Crippen LogP contribution in [-0.4, -0.2) is 39.8 Å². The van der Waals surface area contributed by atoms with E-state index in [0.717, 1.165) is 109 Å². The molecule has 0 unspecified atom stereocenters. The molecule has 10 nitrogen and oxygen atoms in total. The van der Waals surface area contributed by atoms with E-state index in [2.05, 4.69) is 23.3 Å². The average Bonchev–Trinajstić information content (AvgIpc) is 3.35. The predicted molar refractivity (Wildman–Crippen MR) is 297 cm³/mol. The Kier molecular flexibility index (Phi) is 18.0. The van der Waals surface area contributed by atoms with Crippen LogP contribution in [0.5, 0.6) is 0 Å². The van der Waals surface area contributed by atoms with Crippen molar-refractivity contribution in [2.75, 3.05) is 21.1 Å². The molecule has 12 heteroatoms. The van der Waals surface area contributed by atoms with Crippen LogP contribution in [0.25, 0.3) is 5.57 Å². The Bertz CT molecular complexity index is 3020. The number of carbonyl (C=O) groups excluding carboxylic acids is 1. The highest BCUT2D eigenvalue weighted by molar-refractivity contribution is 7.92. The van der Waals surface area contributed by atoms with Crippen molar-refractivity contribution in [2.45, 2.75) is 119 Å². The zero-order valence-corrected chi connectivity index (χ0v) is 44.4. The maximum Gasteiger partial charge on any atom is 0.232 e. The number of nitrogens with zero attached hydrogens (tertiary/aromatic N) is 2. The molecule has 0 amide bonds. The highest BCUT2D eigenvalue weighted by atomic mass is 32.2. The quantitative estimate of drug-likeness (QED) is 0.0356. The summed E-state index contributed by atoms with van der Waals surface area (Å²) in [6.07, 6.45) is 15.8. The molecule has 0 saturated carbocycles. The number of hydrogen-bond acceptors (Lipinski definition) is 7. The Morgan fingerprint density at radius 2 is 0.944 bits per heavy atom. The fourth-order valence-electron chi connectivity index (χ4n) is 9.08. The molecule has 0 saturated heterocycles. The number of anilines is 4. The monoisotopic (exact) mass is 1010 g/mol. The fourth-order valence-corrected chi connectivity index (χ4v) is 11.5. The molecular formula is C60H70N4O6S2. The van der Waals surface area contributed by atoms with Crippen LogP contribution in [0.2, 0.25) is 0 Å². The van der Waals surface area contributed by atoms with Gasteiger partial charge in [0.05, 0.1) is 22.9 Å². The summed E-state index contributed by atoms with van der Waals surface area (Å²) >= 11 is 0. The number of nitrogens with one attached hydrogen (secondary N) is 2. The number of ketones is 1. The molecule has 0 aliphatic heterocycles. The summed E-state index contributed by atoms with van der Waals surface area (Å²) in [5.41, 5.74) is 8.94. The number of unbranched alkanes of at least 4 members (excludes halogenated alkanes) is 10. The average molecular weight is 1010 g/mol. The lowest BCUT2D eigenvalue weighted by Gasteiger charge is -2.35. The van der Waals surface area contributed by atoms with Crippen molar-refractivity contribution in [1.29, 1.82) is 0 Å². The number of benzene rings is 5. The molecule has 0 spiro atoms. The van der Waals surface area contributed by atoms with Gasteiger partial charge in [-0.3, -0.25) is 14.2 Å². The first-order valence-electron chi connectivity index (χ1n) is 25.6. The van der Waals surface area contributed by atoms with Gasteiger partial charge in [-0.2, -0.15) is 4.58 Å². The molecule has 0 heterocycles. The first-order chi connectivity index (χ1) is 34.6. The third-order valence-electron chi connectivity index (χ3n) is 13.2. The van der Waals surface area contributed by atoms with Gasteiger partial charge in [0.2, 0.25) is 37.1 Å². The Labute approximate surface area is 428 Å². The predicted octanol–water partition coefficient (Wildman–Crippen LogP) is 13.2. The second-order valence-electron chi connectivity index (χ2n) is 19.3. The minimum atomic E-state index is -3.95. The molecule has 0 bridgehead atoms. The topological polar surface area (TPSA) is 139 Å². The molecular weight excluding hydrogens is 937 g/mol. The van der Waals surface area contributed by atoms with Crippen molar-refractivity contribution in [3.8, 4) is 0 Å². The first kappa shape index (κ1) is 53.3. The Hall–Kier alpha value is -6.50. The van der Waals surface area contributed by atoms with Crippen LogP contribution >= 0.6 is 0 Å². The van der Waals surface area contributed by atoms with E-state index in [-0.39, 0.29) is 45.2 Å². The number of sulfonamides is 2.